The third-order valence-electron chi connectivity index (χ3n) is 3.68. The van der Waals surface area contributed by atoms with E-state index in [0.717, 1.165) is 32.2 Å². The molecule has 1 N–H and O–H groups in total. The van der Waals surface area contributed by atoms with Crippen molar-refractivity contribution in [1.82, 2.24) is 10.2 Å². The molecule has 3 aliphatic heterocycles. The van der Waals surface area contributed by atoms with E-state index in [9.17, 15) is 4.79 Å². The lowest BCUT2D eigenvalue weighted by Gasteiger charge is -2.49. The van der Waals surface area contributed by atoms with Crippen LogP contribution in [0.2, 0.25) is 0 Å². The molecular weight excluding hydrogens is 216 g/mol. The van der Waals surface area contributed by atoms with Gasteiger partial charge >= 0.3 is 6.09 Å². The summed E-state index contributed by atoms with van der Waals surface area (Å²) in [6.07, 6.45) is 5.95. The second-order valence-corrected chi connectivity index (χ2v) is 4.89. The molecule has 2 bridgehead atoms. The van der Waals surface area contributed by atoms with E-state index in [1.54, 1.807) is 0 Å². The molecular formula is C13H22N2O2. The fraction of sp³-hybridized carbons (Fsp3) is 0.769. The lowest BCUT2D eigenvalue weighted by atomic mass is 9.87. The predicted molar refractivity (Wildman–Crippen MR) is 66.9 cm³/mol. The maximum absolute atomic E-state index is 12.0. The molecule has 0 saturated carbocycles. The van der Waals surface area contributed by atoms with Crippen LogP contribution < -0.4 is 5.32 Å². The second-order valence-electron chi connectivity index (χ2n) is 4.89. The minimum absolute atomic E-state index is 0.151. The normalized spacial score (nSPS) is 31.4. The van der Waals surface area contributed by atoms with E-state index in [1.165, 1.54) is 0 Å². The highest BCUT2D eigenvalue weighted by Crippen LogP contribution is 2.27. The van der Waals surface area contributed by atoms with Crippen molar-refractivity contribution in [2.75, 3.05) is 13.2 Å². The van der Waals surface area contributed by atoms with E-state index >= 15 is 0 Å². The van der Waals surface area contributed by atoms with Gasteiger partial charge < -0.3 is 15.0 Å². The SMILES string of the molecule is C=CC1N[C@H]2CC[C@@H]1N(C(=O)OCCCC)C2. The summed E-state index contributed by atoms with van der Waals surface area (Å²) in [5, 5.41) is 3.49. The number of carbonyl (C=O) groups is 1. The molecule has 0 aromatic rings. The van der Waals surface area contributed by atoms with Crippen LogP contribution in [0.3, 0.4) is 0 Å². The number of piperidine rings is 2. The number of amides is 1. The van der Waals surface area contributed by atoms with Crippen molar-refractivity contribution in [3.05, 3.63) is 12.7 Å². The fourth-order valence-corrected chi connectivity index (χ4v) is 2.71. The van der Waals surface area contributed by atoms with Crippen LogP contribution in [0.5, 0.6) is 0 Å². The summed E-state index contributed by atoms with van der Waals surface area (Å²) in [5.74, 6) is 0. The largest absolute Gasteiger partial charge is 0.449 e. The molecule has 3 rings (SSSR count). The van der Waals surface area contributed by atoms with Gasteiger partial charge in [0, 0.05) is 18.6 Å². The Morgan fingerprint density at radius 1 is 1.59 bits per heavy atom. The Labute approximate surface area is 103 Å². The summed E-state index contributed by atoms with van der Waals surface area (Å²) < 4.78 is 5.29. The number of unbranched alkanes of at least 4 members (excludes halogenated alkanes) is 1. The molecule has 1 amide bonds. The molecule has 17 heavy (non-hydrogen) atoms. The number of fused-ring (bicyclic) bond motifs is 3. The standard InChI is InChI=1S/C13H22N2O2/c1-3-5-8-17-13(16)15-9-10-6-7-12(15)11(4-2)14-10/h4,10-12,14H,2-3,5-9H2,1H3/t10-,11?,12-/m0/s1. The van der Waals surface area contributed by atoms with Crippen LogP contribution in [-0.4, -0.2) is 42.3 Å². The van der Waals surface area contributed by atoms with Gasteiger partial charge in [-0.05, 0) is 19.3 Å². The Bertz CT molecular complexity index is 293. The molecule has 3 aliphatic rings. The van der Waals surface area contributed by atoms with Gasteiger partial charge in [0.15, 0.2) is 0 Å². The Morgan fingerprint density at radius 2 is 2.41 bits per heavy atom. The third-order valence-corrected chi connectivity index (χ3v) is 3.68. The van der Waals surface area contributed by atoms with Crippen LogP contribution in [-0.2, 0) is 4.74 Å². The van der Waals surface area contributed by atoms with Crippen molar-refractivity contribution in [1.29, 1.82) is 0 Å². The van der Waals surface area contributed by atoms with Gasteiger partial charge in [-0.3, -0.25) is 0 Å². The number of carbonyl (C=O) groups excluding carboxylic acids is 1. The molecule has 0 aromatic carbocycles. The zero-order valence-electron chi connectivity index (χ0n) is 10.5. The molecule has 96 valence electrons. The van der Waals surface area contributed by atoms with Crippen LogP contribution in [0.1, 0.15) is 32.6 Å². The van der Waals surface area contributed by atoms with Crippen molar-refractivity contribution >= 4 is 6.09 Å². The number of rotatable bonds is 4. The number of nitrogens with zero attached hydrogens (tertiary/aromatic N) is 1. The quantitative estimate of drug-likeness (QED) is 0.601. The fourth-order valence-electron chi connectivity index (χ4n) is 2.71. The van der Waals surface area contributed by atoms with Gasteiger partial charge in [-0.2, -0.15) is 0 Å². The van der Waals surface area contributed by atoms with Gasteiger partial charge in [-0.1, -0.05) is 19.4 Å². The van der Waals surface area contributed by atoms with Crippen molar-refractivity contribution in [3.63, 3.8) is 0 Å². The molecule has 4 nitrogen and oxygen atoms in total. The van der Waals surface area contributed by atoms with Crippen molar-refractivity contribution < 1.29 is 9.53 Å². The lowest BCUT2D eigenvalue weighted by molar-refractivity contribution is 0.0313. The van der Waals surface area contributed by atoms with Crippen molar-refractivity contribution in [2.24, 2.45) is 0 Å². The Kier molecular flexibility index (Phi) is 4.05. The molecule has 3 saturated heterocycles. The molecule has 3 atom stereocenters. The Morgan fingerprint density at radius 3 is 3.06 bits per heavy atom. The van der Waals surface area contributed by atoms with E-state index in [1.807, 2.05) is 11.0 Å². The van der Waals surface area contributed by atoms with Crippen LogP contribution in [0.15, 0.2) is 12.7 Å². The first-order chi connectivity index (χ1) is 8.26. The maximum atomic E-state index is 12.0. The molecule has 0 aromatic heterocycles. The Hall–Kier alpha value is -1.03. The van der Waals surface area contributed by atoms with E-state index in [2.05, 4.69) is 18.8 Å². The van der Waals surface area contributed by atoms with E-state index in [-0.39, 0.29) is 18.2 Å². The van der Waals surface area contributed by atoms with Gasteiger partial charge in [0.25, 0.3) is 0 Å². The molecule has 3 heterocycles. The molecule has 1 unspecified atom stereocenters. The van der Waals surface area contributed by atoms with Crippen LogP contribution >= 0.6 is 0 Å². The number of ether oxygens (including phenoxy) is 1. The summed E-state index contributed by atoms with van der Waals surface area (Å²) in [6, 6.07) is 0.856. The summed E-state index contributed by atoms with van der Waals surface area (Å²) in [4.78, 5) is 13.8. The molecule has 0 radical (unpaired) electrons. The van der Waals surface area contributed by atoms with E-state index in [4.69, 9.17) is 4.74 Å². The first kappa shape index (κ1) is 12.4. The zero-order valence-corrected chi connectivity index (χ0v) is 10.5. The first-order valence-electron chi connectivity index (χ1n) is 6.58. The average molecular weight is 238 g/mol. The molecule has 3 fully saturated rings. The lowest BCUT2D eigenvalue weighted by Crippen LogP contribution is -2.67. The number of hydrogen-bond donors (Lipinski definition) is 1. The average Bonchev–Trinajstić information content (AvgIpc) is 2.39. The highest BCUT2D eigenvalue weighted by atomic mass is 16.6. The topological polar surface area (TPSA) is 41.6 Å². The summed E-state index contributed by atoms with van der Waals surface area (Å²) >= 11 is 0. The Balaban J connectivity index is 1.92. The van der Waals surface area contributed by atoms with Gasteiger partial charge in [-0.15, -0.1) is 6.58 Å². The molecule has 0 aliphatic carbocycles. The van der Waals surface area contributed by atoms with E-state index < -0.39 is 0 Å². The summed E-state index contributed by atoms with van der Waals surface area (Å²) in [6.45, 7) is 7.24. The van der Waals surface area contributed by atoms with Crippen LogP contribution in [0, 0.1) is 0 Å². The number of hydrogen-bond acceptors (Lipinski definition) is 3. The summed E-state index contributed by atoms with van der Waals surface area (Å²) in [7, 11) is 0. The number of piperazine rings is 1. The van der Waals surface area contributed by atoms with Gasteiger partial charge in [0.1, 0.15) is 0 Å². The zero-order chi connectivity index (χ0) is 12.3. The highest BCUT2D eigenvalue weighted by molar-refractivity contribution is 5.68. The molecule has 0 spiro atoms. The number of nitrogens with one attached hydrogen (secondary N) is 1. The monoisotopic (exact) mass is 238 g/mol. The molecule has 4 heteroatoms. The van der Waals surface area contributed by atoms with Crippen molar-refractivity contribution in [2.45, 2.75) is 50.7 Å². The second kappa shape index (κ2) is 5.54. The smallest absolute Gasteiger partial charge is 0.410 e. The summed E-state index contributed by atoms with van der Waals surface area (Å²) in [5.41, 5.74) is 0. The minimum atomic E-state index is -0.151. The predicted octanol–water partition coefficient (Wildman–Crippen LogP) is 1.91. The van der Waals surface area contributed by atoms with E-state index in [0.29, 0.717) is 12.6 Å². The van der Waals surface area contributed by atoms with Gasteiger partial charge in [0.2, 0.25) is 0 Å². The van der Waals surface area contributed by atoms with Gasteiger partial charge in [-0.25, -0.2) is 4.79 Å². The minimum Gasteiger partial charge on any atom is -0.449 e. The van der Waals surface area contributed by atoms with Crippen molar-refractivity contribution in [3.8, 4) is 0 Å². The van der Waals surface area contributed by atoms with Crippen LogP contribution in [0.25, 0.3) is 0 Å². The third kappa shape index (κ3) is 2.63. The first-order valence-corrected chi connectivity index (χ1v) is 6.58. The maximum Gasteiger partial charge on any atom is 0.410 e. The van der Waals surface area contributed by atoms with Crippen LogP contribution in [0.4, 0.5) is 4.79 Å². The highest BCUT2D eigenvalue weighted by Gasteiger charge is 2.41. The van der Waals surface area contributed by atoms with Gasteiger partial charge in [0.05, 0.1) is 12.6 Å².